The van der Waals surface area contributed by atoms with Crippen LogP contribution in [0.5, 0.6) is 0 Å². The maximum absolute atomic E-state index is 13.1. The number of benzene rings is 2. The Morgan fingerprint density at radius 1 is 1.16 bits per heavy atom. The van der Waals surface area contributed by atoms with Gasteiger partial charge in [0.1, 0.15) is 5.82 Å². The molecule has 0 aliphatic heterocycles. The monoisotopic (exact) mass is 360 g/mol. The first-order chi connectivity index (χ1) is 8.95. The highest BCUT2D eigenvalue weighted by Gasteiger charge is 2.12. The van der Waals surface area contributed by atoms with E-state index in [4.69, 9.17) is 23.2 Å². The fourth-order valence-corrected chi connectivity index (χ4v) is 2.71. The van der Waals surface area contributed by atoms with Gasteiger partial charge in [-0.3, -0.25) is 4.79 Å². The van der Waals surface area contributed by atoms with Crippen LogP contribution in [0, 0.1) is 5.82 Å². The van der Waals surface area contributed by atoms with E-state index in [9.17, 15) is 9.18 Å². The number of halogens is 4. The summed E-state index contributed by atoms with van der Waals surface area (Å²) in [4.78, 5) is 12.1. The maximum atomic E-state index is 13.1. The Balaban J connectivity index is 2.28. The van der Waals surface area contributed by atoms with Crippen LogP contribution in [0.25, 0.3) is 0 Å². The van der Waals surface area contributed by atoms with E-state index in [2.05, 4.69) is 15.9 Å². The van der Waals surface area contributed by atoms with E-state index in [-0.39, 0.29) is 12.2 Å². The van der Waals surface area contributed by atoms with Crippen molar-refractivity contribution in [3.8, 4) is 0 Å². The van der Waals surface area contributed by atoms with Crippen LogP contribution in [0.3, 0.4) is 0 Å². The zero-order valence-corrected chi connectivity index (χ0v) is 12.7. The second-order valence-corrected chi connectivity index (χ2v) is 5.75. The largest absolute Gasteiger partial charge is 0.294 e. The van der Waals surface area contributed by atoms with Crippen LogP contribution in [0.15, 0.2) is 40.9 Å². The predicted octanol–water partition coefficient (Wildman–Crippen LogP) is 5.32. The van der Waals surface area contributed by atoms with Crippen molar-refractivity contribution in [2.45, 2.75) is 6.42 Å². The Hall–Kier alpha value is -0.900. The Kier molecular flexibility index (Phi) is 4.61. The molecule has 0 bridgehead atoms. The number of carbonyl (C=O) groups excluding carboxylic acids is 1. The minimum absolute atomic E-state index is 0.0311. The van der Waals surface area contributed by atoms with Crippen molar-refractivity contribution < 1.29 is 9.18 Å². The SMILES string of the molecule is O=C(Cc1cc(F)ccc1Cl)c1cc(Cl)cc(Br)c1. The van der Waals surface area contributed by atoms with Crippen LogP contribution in [0.4, 0.5) is 4.39 Å². The van der Waals surface area contributed by atoms with Gasteiger partial charge in [0, 0.05) is 26.5 Å². The Bertz CT molecular complexity index is 623. The van der Waals surface area contributed by atoms with Gasteiger partial charge in [-0.2, -0.15) is 0 Å². The van der Waals surface area contributed by atoms with Crippen molar-refractivity contribution in [3.63, 3.8) is 0 Å². The maximum Gasteiger partial charge on any atom is 0.167 e. The topological polar surface area (TPSA) is 17.1 Å². The molecule has 2 rings (SSSR count). The summed E-state index contributed by atoms with van der Waals surface area (Å²) in [5.41, 5.74) is 0.919. The average Bonchev–Trinajstić information content (AvgIpc) is 2.32. The van der Waals surface area contributed by atoms with Gasteiger partial charge in [0.2, 0.25) is 0 Å². The molecule has 0 aromatic heterocycles. The molecule has 0 fully saturated rings. The van der Waals surface area contributed by atoms with Gasteiger partial charge in [-0.05, 0) is 42.0 Å². The smallest absolute Gasteiger partial charge is 0.167 e. The Morgan fingerprint density at radius 3 is 2.58 bits per heavy atom. The number of rotatable bonds is 3. The Morgan fingerprint density at radius 2 is 1.89 bits per heavy atom. The fraction of sp³-hybridized carbons (Fsp3) is 0.0714. The van der Waals surface area contributed by atoms with Crippen LogP contribution >= 0.6 is 39.1 Å². The normalized spacial score (nSPS) is 10.5. The fourth-order valence-electron chi connectivity index (χ4n) is 1.67. The molecule has 0 atom stereocenters. The van der Waals surface area contributed by atoms with Gasteiger partial charge < -0.3 is 0 Å². The van der Waals surface area contributed by atoms with E-state index in [1.165, 1.54) is 18.2 Å². The molecule has 2 aromatic carbocycles. The van der Waals surface area contributed by atoms with Crippen molar-refractivity contribution in [2.75, 3.05) is 0 Å². The minimum atomic E-state index is -0.417. The molecule has 0 aliphatic rings. The number of hydrogen-bond donors (Lipinski definition) is 0. The molecule has 5 heteroatoms. The van der Waals surface area contributed by atoms with Gasteiger partial charge in [0.25, 0.3) is 0 Å². The second-order valence-electron chi connectivity index (χ2n) is 3.99. The molecule has 0 radical (unpaired) electrons. The molecule has 0 unspecified atom stereocenters. The molecule has 0 saturated heterocycles. The van der Waals surface area contributed by atoms with Crippen molar-refractivity contribution in [1.82, 2.24) is 0 Å². The van der Waals surface area contributed by atoms with Gasteiger partial charge in [0.15, 0.2) is 5.78 Å². The van der Waals surface area contributed by atoms with Gasteiger partial charge in [-0.15, -0.1) is 0 Å². The number of ketones is 1. The summed E-state index contributed by atoms with van der Waals surface area (Å²) in [7, 11) is 0. The first-order valence-electron chi connectivity index (χ1n) is 5.39. The van der Waals surface area contributed by atoms with Crippen LogP contribution < -0.4 is 0 Å². The summed E-state index contributed by atoms with van der Waals surface area (Å²) < 4.78 is 13.8. The third-order valence-electron chi connectivity index (χ3n) is 2.54. The van der Waals surface area contributed by atoms with E-state index in [0.717, 1.165) is 0 Å². The molecule has 19 heavy (non-hydrogen) atoms. The summed E-state index contributed by atoms with van der Waals surface area (Å²) in [6, 6.07) is 8.89. The lowest BCUT2D eigenvalue weighted by atomic mass is 10.0. The first kappa shape index (κ1) is 14.5. The van der Waals surface area contributed by atoms with Crippen molar-refractivity contribution in [1.29, 1.82) is 0 Å². The minimum Gasteiger partial charge on any atom is -0.294 e. The van der Waals surface area contributed by atoms with Crippen LogP contribution in [-0.4, -0.2) is 5.78 Å². The van der Waals surface area contributed by atoms with Gasteiger partial charge in [-0.25, -0.2) is 4.39 Å². The zero-order chi connectivity index (χ0) is 14.0. The molecule has 0 saturated carbocycles. The van der Waals surface area contributed by atoms with E-state index >= 15 is 0 Å². The summed E-state index contributed by atoms with van der Waals surface area (Å²) in [6.07, 6.45) is 0.0311. The Labute approximate surface area is 128 Å². The van der Waals surface area contributed by atoms with E-state index in [1.807, 2.05) is 0 Å². The number of Topliss-reactive ketones (excluding diaryl/α,β-unsaturated/α-hetero) is 1. The van der Waals surface area contributed by atoms with Crippen LogP contribution in [-0.2, 0) is 6.42 Å². The van der Waals surface area contributed by atoms with Gasteiger partial charge in [0.05, 0.1) is 0 Å². The molecule has 0 spiro atoms. The quantitative estimate of drug-likeness (QED) is 0.676. The molecule has 0 N–H and O–H groups in total. The van der Waals surface area contributed by atoms with Crippen LogP contribution in [0.2, 0.25) is 10.0 Å². The third kappa shape index (κ3) is 3.78. The summed E-state index contributed by atoms with van der Waals surface area (Å²) in [6.45, 7) is 0. The highest BCUT2D eigenvalue weighted by molar-refractivity contribution is 9.10. The highest BCUT2D eigenvalue weighted by atomic mass is 79.9. The molecule has 2 aromatic rings. The van der Waals surface area contributed by atoms with Gasteiger partial charge >= 0.3 is 0 Å². The number of carbonyl (C=O) groups is 1. The lowest BCUT2D eigenvalue weighted by molar-refractivity contribution is 0.0993. The van der Waals surface area contributed by atoms with E-state index in [0.29, 0.717) is 25.6 Å². The lowest BCUT2D eigenvalue weighted by Crippen LogP contribution is -2.04. The van der Waals surface area contributed by atoms with Crippen LogP contribution in [0.1, 0.15) is 15.9 Å². The molecular weight excluding hydrogens is 354 g/mol. The summed E-state index contributed by atoms with van der Waals surface area (Å²) in [5.74, 6) is -0.588. The predicted molar refractivity (Wildman–Crippen MR) is 78.6 cm³/mol. The van der Waals surface area contributed by atoms with Crippen molar-refractivity contribution in [2.24, 2.45) is 0 Å². The first-order valence-corrected chi connectivity index (χ1v) is 6.94. The highest BCUT2D eigenvalue weighted by Crippen LogP contribution is 2.23. The molecule has 1 nitrogen and oxygen atoms in total. The van der Waals surface area contributed by atoms with Crippen molar-refractivity contribution in [3.05, 3.63) is 67.9 Å². The van der Waals surface area contributed by atoms with Gasteiger partial charge in [-0.1, -0.05) is 39.1 Å². The molecule has 0 amide bonds. The average molecular weight is 362 g/mol. The molecular formula is C14H8BrCl2FO. The molecule has 0 heterocycles. The van der Waals surface area contributed by atoms with E-state index in [1.54, 1.807) is 18.2 Å². The standard InChI is InChI=1S/C14H8BrCl2FO/c15-10-3-9(4-11(16)7-10)14(19)6-8-5-12(18)1-2-13(8)17/h1-5,7H,6H2. The van der Waals surface area contributed by atoms with E-state index < -0.39 is 5.82 Å². The molecule has 98 valence electrons. The number of hydrogen-bond acceptors (Lipinski definition) is 1. The third-order valence-corrected chi connectivity index (χ3v) is 3.59. The second kappa shape index (κ2) is 6.04. The summed E-state index contributed by atoms with van der Waals surface area (Å²) >= 11 is 15.1. The summed E-state index contributed by atoms with van der Waals surface area (Å²) in [5, 5.41) is 0.832. The lowest BCUT2D eigenvalue weighted by Gasteiger charge is -2.05. The zero-order valence-electron chi connectivity index (χ0n) is 9.59. The van der Waals surface area contributed by atoms with Crippen molar-refractivity contribution >= 4 is 44.9 Å². The molecule has 0 aliphatic carbocycles.